The Morgan fingerprint density at radius 3 is 2.80 bits per heavy atom. The van der Waals surface area contributed by atoms with Crippen LogP contribution < -0.4 is 10.6 Å². The van der Waals surface area contributed by atoms with E-state index in [0.29, 0.717) is 17.8 Å². The second-order valence-electron chi connectivity index (χ2n) is 6.76. The second kappa shape index (κ2) is 6.11. The number of pyridine rings is 1. The van der Waals surface area contributed by atoms with Crippen LogP contribution in [0, 0.1) is 18.2 Å². The van der Waals surface area contributed by atoms with Gasteiger partial charge in [-0.25, -0.2) is 4.39 Å². The van der Waals surface area contributed by atoms with Gasteiger partial charge in [0.25, 0.3) is 5.91 Å². The maximum absolute atomic E-state index is 14.3. The Balaban J connectivity index is 1.93. The highest BCUT2D eigenvalue weighted by Crippen LogP contribution is 2.36. The number of carbonyl (C=O) groups is 2. The first-order chi connectivity index (χ1) is 11.7. The van der Waals surface area contributed by atoms with Crippen LogP contribution in [0.5, 0.6) is 0 Å². The van der Waals surface area contributed by atoms with Crippen molar-refractivity contribution < 1.29 is 14.0 Å². The van der Waals surface area contributed by atoms with Crippen molar-refractivity contribution in [3.05, 3.63) is 52.1 Å². The zero-order chi connectivity index (χ0) is 18.4. The predicted octanol–water partition coefficient (Wildman–Crippen LogP) is 3.96. The Morgan fingerprint density at radius 2 is 2.08 bits per heavy atom. The molecule has 0 fully saturated rings. The van der Waals surface area contributed by atoms with E-state index in [9.17, 15) is 14.0 Å². The fraction of sp³-hybridized carbons (Fsp3) is 0.278. The van der Waals surface area contributed by atoms with Gasteiger partial charge in [0.2, 0.25) is 5.91 Å². The summed E-state index contributed by atoms with van der Waals surface area (Å²) in [5, 5.41) is 5.43. The summed E-state index contributed by atoms with van der Waals surface area (Å²) in [5.74, 6) is -1.31. The van der Waals surface area contributed by atoms with Crippen LogP contribution in [0.25, 0.3) is 0 Å². The Hall–Kier alpha value is -2.47. The third kappa shape index (κ3) is 3.35. The molecule has 1 aromatic heterocycles. The van der Waals surface area contributed by atoms with E-state index in [2.05, 4.69) is 15.6 Å². The molecule has 0 unspecified atom stereocenters. The zero-order valence-electron chi connectivity index (χ0n) is 14.0. The molecular formula is C18H17ClFN3O2. The van der Waals surface area contributed by atoms with Crippen molar-refractivity contribution in [1.82, 2.24) is 4.98 Å². The molecule has 2 heterocycles. The van der Waals surface area contributed by atoms with Crippen LogP contribution in [0.15, 0.2) is 24.4 Å². The minimum Gasteiger partial charge on any atom is -0.325 e. The summed E-state index contributed by atoms with van der Waals surface area (Å²) in [4.78, 5) is 28.4. The highest BCUT2D eigenvalue weighted by Gasteiger charge is 2.34. The molecular weight excluding hydrogens is 345 g/mol. The van der Waals surface area contributed by atoms with Crippen molar-refractivity contribution in [3.63, 3.8) is 0 Å². The van der Waals surface area contributed by atoms with E-state index >= 15 is 0 Å². The number of hydrogen-bond acceptors (Lipinski definition) is 3. The molecule has 0 radical (unpaired) electrons. The lowest BCUT2D eigenvalue weighted by atomic mass is 9.81. The molecule has 0 saturated carbocycles. The zero-order valence-corrected chi connectivity index (χ0v) is 14.8. The van der Waals surface area contributed by atoms with Gasteiger partial charge in [0.1, 0.15) is 5.82 Å². The molecule has 2 aromatic rings. The van der Waals surface area contributed by atoms with Crippen LogP contribution >= 0.6 is 11.6 Å². The SMILES string of the molecule is Cc1cc(C(=O)Nc2cc3c(cc2F)NC(=O)C(C)(C)C3)c(Cl)cn1. The minimum atomic E-state index is -0.631. The quantitative estimate of drug-likeness (QED) is 0.850. The number of aryl methyl sites for hydroxylation is 1. The van der Waals surface area contributed by atoms with Crippen molar-refractivity contribution in [3.8, 4) is 0 Å². The standard InChI is InChI=1S/C18H17ClFN3O2/c1-9-4-11(12(19)8-21-9)16(24)22-15-5-10-7-18(2,3)17(25)23-14(10)6-13(15)20/h4-6,8H,7H2,1-3H3,(H,22,24)(H,23,25). The number of anilines is 2. The van der Waals surface area contributed by atoms with Crippen LogP contribution in [-0.2, 0) is 11.2 Å². The van der Waals surface area contributed by atoms with E-state index in [0.717, 1.165) is 5.56 Å². The Morgan fingerprint density at radius 1 is 1.36 bits per heavy atom. The topological polar surface area (TPSA) is 71.1 Å². The number of carbonyl (C=O) groups excluding carboxylic acids is 2. The summed E-state index contributed by atoms with van der Waals surface area (Å²) < 4.78 is 14.3. The van der Waals surface area contributed by atoms with E-state index in [4.69, 9.17) is 11.6 Å². The molecule has 0 atom stereocenters. The first kappa shape index (κ1) is 17.4. The maximum atomic E-state index is 14.3. The van der Waals surface area contributed by atoms with Crippen LogP contribution in [0.2, 0.25) is 5.02 Å². The molecule has 2 amide bonds. The molecule has 25 heavy (non-hydrogen) atoms. The molecule has 1 aromatic carbocycles. The van der Waals surface area contributed by atoms with Gasteiger partial charge in [0.15, 0.2) is 0 Å². The van der Waals surface area contributed by atoms with Crippen LogP contribution in [-0.4, -0.2) is 16.8 Å². The summed E-state index contributed by atoms with van der Waals surface area (Å²) in [5.41, 5.74) is 1.49. The van der Waals surface area contributed by atoms with E-state index in [1.54, 1.807) is 13.0 Å². The molecule has 2 N–H and O–H groups in total. The molecule has 0 aliphatic carbocycles. The molecule has 0 bridgehead atoms. The van der Waals surface area contributed by atoms with Gasteiger partial charge in [0, 0.05) is 23.0 Å². The van der Waals surface area contributed by atoms with Crippen molar-refractivity contribution in [1.29, 1.82) is 0 Å². The second-order valence-corrected chi connectivity index (χ2v) is 7.17. The largest absolute Gasteiger partial charge is 0.325 e. The maximum Gasteiger partial charge on any atom is 0.257 e. The number of amides is 2. The smallest absolute Gasteiger partial charge is 0.257 e. The average molecular weight is 362 g/mol. The number of halogens is 2. The highest BCUT2D eigenvalue weighted by atomic mass is 35.5. The first-order valence-corrected chi connectivity index (χ1v) is 8.12. The molecule has 1 aliphatic heterocycles. The van der Waals surface area contributed by atoms with Gasteiger partial charge in [-0.05, 0) is 37.1 Å². The lowest BCUT2D eigenvalue weighted by Gasteiger charge is -2.30. The van der Waals surface area contributed by atoms with Gasteiger partial charge >= 0.3 is 0 Å². The predicted molar refractivity (Wildman–Crippen MR) is 94.5 cm³/mol. The summed E-state index contributed by atoms with van der Waals surface area (Å²) in [6.07, 6.45) is 1.83. The third-order valence-corrected chi connectivity index (χ3v) is 4.47. The molecule has 0 saturated heterocycles. The number of benzene rings is 1. The summed E-state index contributed by atoms with van der Waals surface area (Å²) >= 11 is 6.00. The number of hydrogen-bond donors (Lipinski definition) is 2. The monoisotopic (exact) mass is 361 g/mol. The normalized spacial score (nSPS) is 15.3. The van der Waals surface area contributed by atoms with Crippen molar-refractivity contribution in [2.75, 3.05) is 10.6 Å². The fourth-order valence-corrected chi connectivity index (χ4v) is 2.92. The number of fused-ring (bicyclic) bond motifs is 1. The van der Waals surface area contributed by atoms with E-state index in [1.165, 1.54) is 18.3 Å². The highest BCUT2D eigenvalue weighted by molar-refractivity contribution is 6.34. The Labute approximate surface area is 149 Å². The first-order valence-electron chi connectivity index (χ1n) is 7.75. The van der Waals surface area contributed by atoms with Gasteiger partial charge in [-0.15, -0.1) is 0 Å². The molecule has 1 aliphatic rings. The minimum absolute atomic E-state index is 0.0428. The van der Waals surface area contributed by atoms with Gasteiger partial charge in [-0.1, -0.05) is 25.4 Å². The van der Waals surface area contributed by atoms with Crippen molar-refractivity contribution in [2.45, 2.75) is 27.2 Å². The number of rotatable bonds is 2. The molecule has 0 spiro atoms. The van der Waals surface area contributed by atoms with Gasteiger partial charge < -0.3 is 10.6 Å². The molecule has 3 rings (SSSR count). The van der Waals surface area contributed by atoms with Crippen LogP contribution in [0.1, 0.15) is 35.5 Å². The lowest BCUT2D eigenvalue weighted by Crippen LogP contribution is -2.37. The Kier molecular flexibility index (Phi) is 4.24. The molecule has 7 heteroatoms. The van der Waals surface area contributed by atoms with Gasteiger partial charge in [0.05, 0.1) is 16.3 Å². The lowest BCUT2D eigenvalue weighted by molar-refractivity contribution is -0.124. The van der Waals surface area contributed by atoms with E-state index in [-0.39, 0.29) is 22.2 Å². The summed E-state index contributed by atoms with van der Waals surface area (Å²) in [6, 6.07) is 4.31. The molecule has 130 valence electrons. The van der Waals surface area contributed by atoms with E-state index < -0.39 is 17.1 Å². The van der Waals surface area contributed by atoms with Crippen LogP contribution in [0.3, 0.4) is 0 Å². The summed E-state index contributed by atoms with van der Waals surface area (Å²) in [7, 11) is 0. The third-order valence-electron chi connectivity index (χ3n) is 4.17. The van der Waals surface area contributed by atoms with Crippen molar-refractivity contribution >= 4 is 34.8 Å². The average Bonchev–Trinajstić information content (AvgIpc) is 2.52. The van der Waals surface area contributed by atoms with E-state index in [1.807, 2.05) is 13.8 Å². The fourth-order valence-electron chi connectivity index (χ4n) is 2.73. The van der Waals surface area contributed by atoms with Crippen molar-refractivity contribution in [2.24, 2.45) is 5.41 Å². The number of nitrogens with one attached hydrogen (secondary N) is 2. The number of aromatic nitrogens is 1. The van der Waals surface area contributed by atoms with Gasteiger partial charge in [-0.2, -0.15) is 0 Å². The summed E-state index contributed by atoms with van der Waals surface area (Å²) in [6.45, 7) is 5.36. The Bertz CT molecular complexity index is 896. The van der Waals surface area contributed by atoms with Gasteiger partial charge in [-0.3, -0.25) is 14.6 Å². The number of nitrogens with zero attached hydrogens (tertiary/aromatic N) is 1. The molecule has 5 nitrogen and oxygen atoms in total. The van der Waals surface area contributed by atoms with Crippen LogP contribution in [0.4, 0.5) is 15.8 Å².